The smallest absolute Gasteiger partial charge is 0.400 e. The maximum atomic E-state index is 14.4. The van der Waals surface area contributed by atoms with Gasteiger partial charge in [-0.3, -0.25) is 0 Å². The molecule has 2 nitrogen and oxygen atoms in total. The zero-order chi connectivity index (χ0) is 16.4. The van der Waals surface area contributed by atoms with E-state index in [-0.39, 0.29) is 5.76 Å². The molecule has 0 radical (unpaired) electrons. The summed E-state index contributed by atoms with van der Waals surface area (Å²) >= 11 is 0. The molecule has 0 bridgehead atoms. The molecule has 0 aromatic rings. The van der Waals surface area contributed by atoms with Crippen molar-refractivity contribution >= 4 is 0 Å². The number of halogens is 2. The monoisotopic (exact) mass is 312 g/mol. The third kappa shape index (κ3) is 4.34. The summed E-state index contributed by atoms with van der Waals surface area (Å²) < 4.78 is 39.2. The van der Waals surface area contributed by atoms with E-state index in [9.17, 15) is 8.78 Å². The van der Waals surface area contributed by atoms with Gasteiger partial charge < -0.3 is 9.47 Å². The molecule has 124 valence electrons. The number of rotatable bonds is 4. The topological polar surface area (TPSA) is 18.5 Å². The standard InChI is InChI=1S/C18H26F2O2/c1-13-5-7-14(8-6-13)18(19,20)22-16-10-9-15(21-4)11-17(2,3)12-16/h9-14H,5-8H2,1-4H3. The average Bonchev–Trinajstić information content (AvgIpc) is 2.56. The van der Waals surface area contributed by atoms with Crippen LogP contribution >= 0.6 is 0 Å². The first-order valence-electron chi connectivity index (χ1n) is 7.96. The van der Waals surface area contributed by atoms with Crippen LogP contribution in [-0.2, 0) is 9.47 Å². The molecular weight excluding hydrogens is 286 g/mol. The molecule has 1 saturated carbocycles. The molecule has 0 heterocycles. The summed E-state index contributed by atoms with van der Waals surface area (Å²) in [6.07, 6.45) is 6.45. The summed E-state index contributed by atoms with van der Waals surface area (Å²) in [6, 6.07) is 0. The number of methoxy groups -OCH3 is 1. The minimum atomic E-state index is -3.12. The molecule has 1 fully saturated rings. The van der Waals surface area contributed by atoms with Crippen molar-refractivity contribution in [1.82, 2.24) is 0 Å². The summed E-state index contributed by atoms with van der Waals surface area (Å²) in [5.41, 5.74) is -0.401. The Hall–Kier alpha value is -1.32. The Morgan fingerprint density at radius 1 is 1.05 bits per heavy atom. The lowest BCUT2D eigenvalue weighted by molar-refractivity contribution is -0.254. The molecule has 0 spiro atoms. The Kier molecular flexibility index (Phi) is 4.98. The van der Waals surface area contributed by atoms with Crippen LogP contribution in [0.3, 0.4) is 0 Å². The quantitative estimate of drug-likeness (QED) is 0.689. The van der Waals surface area contributed by atoms with E-state index in [0.29, 0.717) is 24.5 Å². The molecule has 4 heteroatoms. The highest BCUT2D eigenvalue weighted by Gasteiger charge is 2.43. The lowest BCUT2D eigenvalue weighted by Gasteiger charge is -2.32. The van der Waals surface area contributed by atoms with Crippen LogP contribution in [-0.4, -0.2) is 13.2 Å². The summed E-state index contributed by atoms with van der Waals surface area (Å²) in [5.74, 6) is 0.697. The Morgan fingerprint density at radius 2 is 1.59 bits per heavy atom. The van der Waals surface area contributed by atoms with Crippen molar-refractivity contribution in [1.29, 1.82) is 0 Å². The predicted molar refractivity (Wildman–Crippen MR) is 83.3 cm³/mol. The van der Waals surface area contributed by atoms with Crippen LogP contribution in [0.2, 0.25) is 0 Å². The van der Waals surface area contributed by atoms with Gasteiger partial charge in [0.25, 0.3) is 0 Å². The summed E-state index contributed by atoms with van der Waals surface area (Å²) in [7, 11) is 1.57. The Balaban J connectivity index is 2.10. The van der Waals surface area contributed by atoms with Gasteiger partial charge in [0.05, 0.1) is 13.0 Å². The zero-order valence-electron chi connectivity index (χ0n) is 13.9. The van der Waals surface area contributed by atoms with E-state index < -0.39 is 17.4 Å². The molecule has 0 unspecified atom stereocenters. The van der Waals surface area contributed by atoms with Gasteiger partial charge in [0.2, 0.25) is 0 Å². The van der Waals surface area contributed by atoms with Gasteiger partial charge in [-0.2, -0.15) is 8.78 Å². The van der Waals surface area contributed by atoms with Crippen molar-refractivity contribution in [2.45, 2.75) is 52.6 Å². The fraction of sp³-hybridized carbons (Fsp3) is 0.667. The molecule has 2 aliphatic rings. The number of hydrogen-bond donors (Lipinski definition) is 0. The van der Waals surface area contributed by atoms with Crippen LogP contribution in [0.4, 0.5) is 8.78 Å². The van der Waals surface area contributed by atoms with Gasteiger partial charge in [-0.05, 0) is 43.1 Å². The highest BCUT2D eigenvalue weighted by Crippen LogP contribution is 2.41. The van der Waals surface area contributed by atoms with Crippen LogP contribution in [0.1, 0.15) is 46.5 Å². The molecule has 22 heavy (non-hydrogen) atoms. The second-order valence-electron chi connectivity index (χ2n) is 7.07. The number of ether oxygens (including phenoxy) is 2. The predicted octanol–water partition coefficient (Wildman–Crippen LogP) is 5.43. The molecule has 0 aliphatic heterocycles. The summed E-state index contributed by atoms with van der Waals surface area (Å²) in [5, 5.41) is 0. The van der Waals surface area contributed by atoms with E-state index >= 15 is 0 Å². The Morgan fingerprint density at radius 3 is 2.18 bits per heavy atom. The van der Waals surface area contributed by atoms with E-state index in [4.69, 9.17) is 9.47 Å². The molecule has 0 atom stereocenters. The number of allylic oxidation sites excluding steroid dienone is 4. The molecule has 0 aromatic carbocycles. The van der Waals surface area contributed by atoms with Crippen molar-refractivity contribution in [3.63, 3.8) is 0 Å². The van der Waals surface area contributed by atoms with E-state index in [0.717, 1.165) is 12.8 Å². The first-order valence-corrected chi connectivity index (χ1v) is 7.96. The van der Waals surface area contributed by atoms with Gasteiger partial charge in [0, 0.05) is 5.41 Å². The molecular formula is C18H26F2O2. The highest BCUT2D eigenvalue weighted by atomic mass is 19.3. The molecule has 0 saturated heterocycles. The highest BCUT2D eigenvalue weighted by molar-refractivity contribution is 5.30. The second-order valence-corrected chi connectivity index (χ2v) is 7.07. The molecule has 0 aromatic heterocycles. The fourth-order valence-corrected chi connectivity index (χ4v) is 3.06. The van der Waals surface area contributed by atoms with E-state index in [2.05, 4.69) is 6.92 Å². The molecule has 0 N–H and O–H groups in total. The first kappa shape index (κ1) is 17.0. The summed E-state index contributed by atoms with van der Waals surface area (Å²) in [4.78, 5) is 0. The van der Waals surface area contributed by atoms with Crippen LogP contribution in [0, 0.1) is 17.3 Å². The normalized spacial score (nSPS) is 28.5. The van der Waals surface area contributed by atoms with Crippen LogP contribution in [0.5, 0.6) is 0 Å². The molecule has 2 aliphatic carbocycles. The average molecular weight is 312 g/mol. The van der Waals surface area contributed by atoms with Gasteiger partial charge in [0.1, 0.15) is 11.5 Å². The van der Waals surface area contributed by atoms with Crippen molar-refractivity contribution in [2.24, 2.45) is 17.3 Å². The minimum absolute atomic E-state index is 0.205. The van der Waals surface area contributed by atoms with E-state index in [1.165, 1.54) is 0 Å². The minimum Gasteiger partial charge on any atom is -0.497 e. The lowest BCUT2D eigenvalue weighted by atomic mass is 9.82. The van der Waals surface area contributed by atoms with Crippen molar-refractivity contribution in [3.8, 4) is 0 Å². The van der Waals surface area contributed by atoms with Crippen LogP contribution in [0.15, 0.2) is 35.8 Å². The zero-order valence-corrected chi connectivity index (χ0v) is 13.9. The third-order valence-corrected chi connectivity index (χ3v) is 4.42. The maximum Gasteiger partial charge on any atom is 0.400 e. The van der Waals surface area contributed by atoms with Gasteiger partial charge in [0.15, 0.2) is 0 Å². The van der Waals surface area contributed by atoms with E-state index in [1.54, 1.807) is 25.3 Å². The van der Waals surface area contributed by atoms with Gasteiger partial charge >= 0.3 is 6.11 Å². The second kappa shape index (κ2) is 6.43. The largest absolute Gasteiger partial charge is 0.497 e. The maximum absolute atomic E-state index is 14.4. The summed E-state index contributed by atoms with van der Waals surface area (Å²) in [6.45, 7) is 5.98. The van der Waals surface area contributed by atoms with Crippen molar-refractivity contribution in [3.05, 3.63) is 35.8 Å². The van der Waals surface area contributed by atoms with Gasteiger partial charge in [-0.25, -0.2) is 0 Å². The van der Waals surface area contributed by atoms with Crippen LogP contribution in [0.25, 0.3) is 0 Å². The van der Waals surface area contributed by atoms with Gasteiger partial charge in [-0.15, -0.1) is 0 Å². The third-order valence-electron chi connectivity index (χ3n) is 4.42. The number of hydrogen-bond acceptors (Lipinski definition) is 2. The van der Waals surface area contributed by atoms with Crippen LogP contribution < -0.4 is 0 Å². The Bertz CT molecular complexity index is 481. The Labute approximate surface area is 131 Å². The van der Waals surface area contributed by atoms with Crippen molar-refractivity contribution in [2.75, 3.05) is 7.11 Å². The fourth-order valence-electron chi connectivity index (χ4n) is 3.06. The first-order chi connectivity index (χ1) is 10.2. The molecule has 2 rings (SSSR count). The van der Waals surface area contributed by atoms with E-state index in [1.807, 2.05) is 19.9 Å². The van der Waals surface area contributed by atoms with Gasteiger partial charge in [-0.1, -0.05) is 33.6 Å². The SMILES string of the molecule is COC1=CC(C)(C)C=C(OC(F)(F)C2CCC(C)CC2)C=C1. The molecule has 0 amide bonds. The lowest BCUT2D eigenvalue weighted by Crippen LogP contribution is -2.34. The van der Waals surface area contributed by atoms with Crippen molar-refractivity contribution < 1.29 is 18.3 Å². The number of alkyl halides is 2.